The van der Waals surface area contributed by atoms with E-state index in [0.717, 1.165) is 17.0 Å². The monoisotopic (exact) mass is 351 g/mol. The summed E-state index contributed by atoms with van der Waals surface area (Å²) in [7, 11) is 1.57. The summed E-state index contributed by atoms with van der Waals surface area (Å²) >= 11 is 0. The minimum absolute atomic E-state index is 0.422. The molecule has 0 bridgehead atoms. The van der Waals surface area contributed by atoms with Crippen LogP contribution in [0.4, 0.5) is 4.79 Å². The van der Waals surface area contributed by atoms with Gasteiger partial charge in [-0.3, -0.25) is 4.79 Å². The quantitative estimate of drug-likeness (QED) is 0.665. The summed E-state index contributed by atoms with van der Waals surface area (Å²) in [5, 5.41) is 7.68. The molecule has 6 heteroatoms. The third kappa shape index (κ3) is 3.18. The maximum atomic E-state index is 12.8. The highest BCUT2D eigenvalue weighted by Gasteiger charge is 2.49. The van der Waals surface area contributed by atoms with Crippen molar-refractivity contribution in [3.63, 3.8) is 0 Å². The number of carbonyl (C=O) groups is 2. The van der Waals surface area contributed by atoms with Gasteiger partial charge in [-0.1, -0.05) is 43.3 Å². The van der Waals surface area contributed by atoms with Crippen LogP contribution < -0.4 is 10.1 Å². The second-order valence-corrected chi connectivity index (χ2v) is 6.24. The van der Waals surface area contributed by atoms with Gasteiger partial charge in [0.2, 0.25) is 0 Å². The first-order valence-corrected chi connectivity index (χ1v) is 8.42. The van der Waals surface area contributed by atoms with E-state index in [0.29, 0.717) is 11.3 Å². The van der Waals surface area contributed by atoms with Crippen molar-refractivity contribution in [1.29, 1.82) is 0 Å². The first-order valence-electron chi connectivity index (χ1n) is 8.42. The minimum Gasteiger partial charge on any atom is -0.497 e. The third-order valence-electron chi connectivity index (χ3n) is 4.55. The maximum Gasteiger partial charge on any atom is 0.346 e. The third-order valence-corrected chi connectivity index (χ3v) is 4.55. The highest BCUT2D eigenvalue weighted by Crippen LogP contribution is 2.30. The number of ether oxygens (including phenoxy) is 1. The van der Waals surface area contributed by atoms with Crippen LogP contribution in [0.25, 0.3) is 0 Å². The average Bonchev–Trinajstić information content (AvgIpc) is 2.90. The molecule has 1 fully saturated rings. The molecule has 2 aromatic carbocycles. The molecule has 3 amide bonds. The molecular formula is C20H21N3O3. The fourth-order valence-corrected chi connectivity index (χ4v) is 2.81. The Balaban J connectivity index is 1.82. The minimum atomic E-state index is -1.16. The molecule has 1 aliphatic heterocycles. The molecule has 1 aliphatic rings. The lowest BCUT2D eigenvalue weighted by Crippen LogP contribution is -2.40. The van der Waals surface area contributed by atoms with E-state index in [9.17, 15) is 9.59 Å². The molecule has 0 unspecified atom stereocenters. The van der Waals surface area contributed by atoms with Crippen LogP contribution in [0.2, 0.25) is 0 Å². The molecule has 2 aromatic rings. The van der Waals surface area contributed by atoms with Gasteiger partial charge in [0, 0.05) is 0 Å². The second-order valence-electron chi connectivity index (χ2n) is 6.24. The summed E-state index contributed by atoms with van der Waals surface area (Å²) in [6.07, 6.45) is 2.46. The number of benzene rings is 2. The van der Waals surface area contributed by atoms with Gasteiger partial charge >= 0.3 is 6.03 Å². The Labute approximate surface area is 152 Å². The van der Waals surface area contributed by atoms with Crippen LogP contribution in [0, 0.1) is 0 Å². The molecule has 1 atom stereocenters. The largest absolute Gasteiger partial charge is 0.497 e. The van der Waals surface area contributed by atoms with Crippen LogP contribution in [0.1, 0.15) is 30.5 Å². The van der Waals surface area contributed by atoms with Crippen molar-refractivity contribution in [2.24, 2.45) is 5.10 Å². The van der Waals surface area contributed by atoms with Crippen LogP contribution >= 0.6 is 0 Å². The predicted molar refractivity (Wildman–Crippen MR) is 99.1 cm³/mol. The Bertz CT molecular complexity index is 844. The lowest BCUT2D eigenvalue weighted by atomic mass is 9.92. The molecule has 6 nitrogen and oxygen atoms in total. The van der Waals surface area contributed by atoms with Crippen molar-refractivity contribution in [1.82, 2.24) is 10.3 Å². The van der Waals surface area contributed by atoms with Gasteiger partial charge in [-0.05, 0) is 42.2 Å². The zero-order valence-electron chi connectivity index (χ0n) is 15.0. The van der Waals surface area contributed by atoms with Gasteiger partial charge in [-0.25, -0.2) is 4.79 Å². The summed E-state index contributed by atoms with van der Waals surface area (Å²) in [4.78, 5) is 25.1. The van der Waals surface area contributed by atoms with E-state index in [4.69, 9.17) is 4.74 Å². The van der Waals surface area contributed by atoms with Gasteiger partial charge in [-0.2, -0.15) is 5.10 Å². The number of nitrogens with one attached hydrogen (secondary N) is 1. The van der Waals surface area contributed by atoms with Crippen LogP contribution in [0.5, 0.6) is 5.75 Å². The molecule has 1 saturated heterocycles. The smallest absolute Gasteiger partial charge is 0.346 e. The highest BCUT2D eigenvalue weighted by atomic mass is 16.5. The van der Waals surface area contributed by atoms with Crippen LogP contribution in [0.15, 0.2) is 53.6 Å². The summed E-state index contributed by atoms with van der Waals surface area (Å²) < 4.78 is 5.13. The van der Waals surface area contributed by atoms with Crippen molar-refractivity contribution >= 4 is 18.2 Å². The topological polar surface area (TPSA) is 71.0 Å². The Hall–Kier alpha value is -3.15. The molecule has 0 radical (unpaired) electrons. The number of carbonyl (C=O) groups excluding carboxylic acids is 2. The molecular weight excluding hydrogens is 330 g/mol. The Kier molecular flexibility index (Phi) is 4.75. The van der Waals surface area contributed by atoms with E-state index < -0.39 is 17.5 Å². The fourth-order valence-electron chi connectivity index (χ4n) is 2.81. The van der Waals surface area contributed by atoms with E-state index in [1.807, 2.05) is 24.3 Å². The number of aryl methyl sites for hydroxylation is 1. The van der Waals surface area contributed by atoms with E-state index in [1.165, 1.54) is 11.8 Å². The summed E-state index contributed by atoms with van der Waals surface area (Å²) in [6, 6.07) is 14.3. The number of urea groups is 1. The molecule has 0 aliphatic carbocycles. The average molecular weight is 351 g/mol. The zero-order valence-corrected chi connectivity index (χ0v) is 15.0. The first-order chi connectivity index (χ1) is 12.5. The summed E-state index contributed by atoms with van der Waals surface area (Å²) in [5.74, 6) is 0.258. The van der Waals surface area contributed by atoms with Gasteiger partial charge in [-0.15, -0.1) is 5.01 Å². The molecule has 0 saturated carbocycles. The molecule has 1 N–H and O–H groups in total. The van der Waals surface area contributed by atoms with Crippen LogP contribution in [-0.2, 0) is 16.8 Å². The second kappa shape index (κ2) is 7.00. The van der Waals surface area contributed by atoms with Crippen molar-refractivity contribution in [2.75, 3.05) is 7.11 Å². The number of rotatable bonds is 5. The number of imide groups is 1. The van der Waals surface area contributed by atoms with Crippen molar-refractivity contribution in [2.45, 2.75) is 25.8 Å². The number of hydrogen-bond donors (Lipinski definition) is 1. The molecule has 0 aromatic heterocycles. The standard InChI is InChI=1S/C20H21N3O3/c1-4-14-5-7-15(8-6-14)13-21-23-18(24)20(2,22-19(23)25)16-9-11-17(26-3)12-10-16/h5-13H,4H2,1-3H3,(H,22,25)/b21-13-/t20-/m1/s1. The Morgan fingerprint density at radius 2 is 1.77 bits per heavy atom. The molecule has 134 valence electrons. The van der Waals surface area contributed by atoms with E-state index in [2.05, 4.69) is 17.3 Å². The molecule has 3 rings (SSSR count). The molecule has 1 heterocycles. The van der Waals surface area contributed by atoms with Crippen molar-refractivity contribution in [3.05, 3.63) is 65.2 Å². The van der Waals surface area contributed by atoms with Crippen LogP contribution in [0.3, 0.4) is 0 Å². The Morgan fingerprint density at radius 3 is 2.35 bits per heavy atom. The number of hydrogen-bond acceptors (Lipinski definition) is 4. The molecule has 0 spiro atoms. The zero-order chi connectivity index (χ0) is 18.7. The number of amides is 3. The summed E-state index contributed by atoms with van der Waals surface area (Å²) in [5.41, 5.74) is 1.54. The SMILES string of the molecule is CCc1ccc(/C=N\N2C(=O)N[C@](C)(c3ccc(OC)cc3)C2=O)cc1. The highest BCUT2D eigenvalue weighted by molar-refractivity contribution is 6.07. The van der Waals surface area contributed by atoms with Gasteiger partial charge < -0.3 is 10.1 Å². The summed E-state index contributed by atoms with van der Waals surface area (Å²) in [6.45, 7) is 3.75. The van der Waals surface area contributed by atoms with Crippen LogP contribution in [-0.4, -0.2) is 30.3 Å². The lowest BCUT2D eigenvalue weighted by molar-refractivity contribution is -0.131. The normalized spacial score (nSPS) is 19.9. The number of methoxy groups -OCH3 is 1. The molecule has 26 heavy (non-hydrogen) atoms. The number of nitrogens with zero attached hydrogens (tertiary/aromatic N) is 2. The van der Waals surface area contributed by atoms with Gasteiger partial charge in [0.1, 0.15) is 11.3 Å². The van der Waals surface area contributed by atoms with Crippen molar-refractivity contribution < 1.29 is 14.3 Å². The predicted octanol–water partition coefficient (Wildman–Crippen LogP) is 3.06. The van der Waals surface area contributed by atoms with Gasteiger partial charge in [0.25, 0.3) is 5.91 Å². The number of hydrazone groups is 1. The van der Waals surface area contributed by atoms with Gasteiger partial charge in [0.15, 0.2) is 0 Å². The first kappa shape index (κ1) is 17.7. The van der Waals surface area contributed by atoms with E-state index in [1.54, 1.807) is 38.3 Å². The lowest BCUT2D eigenvalue weighted by Gasteiger charge is -2.21. The van der Waals surface area contributed by atoms with E-state index in [-0.39, 0.29) is 0 Å². The van der Waals surface area contributed by atoms with Crippen molar-refractivity contribution in [3.8, 4) is 5.75 Å². The Morgan fingerprint density at radius 1 is 1.12 bits per heavy atom. The maximum absolute atomic E-state index is 12.8. The van der Waals surface area contributed by atoms with Gasteiger partial charge in [0.05, 0.1) is 13.3 Å². The van der Waals surface area contributed by atoms with E-state index >= 15 is 0 Å². The fraction of sp³-hybridized carbons (Fsp3) is 0.250.